The third-order valence-corrected chi connectivity index (χ3v) is 4.61. The fraction of sp³-hybridized carbons (Fsp3) is 0.438. The fourth-order valence-electron chi connectivity index (χ4n) is 2.87. The topological polar surface area (TPSA) is 33.1 Å². The third kappa shape index (κ3) is 3.66. The number of halogens is 1. The first-order valence-corrected chi connectivity index (χ1v) is 8.18. The largest absolute Gasteiger partial charge is 0.371 e. The molecular formula is C16H21BrN4. The Hall–Kier alpha value is -1.33. The summed E-state index contributed by atoms with van der Waals surface area (Å²) in [6.45, 7) is 4.24. The summed E-state index contributed by atoms with van der Waals surface area (Å²) < 4.78 is 3.22. The summed E-state index contributed by atoms with van der Waals surface area (Å²) >= 11 is 3.55. The number of benzene rings is 1. The number of aromatic nitrogens is 2. The zero-order valence-electron chi connectivity index (χ0n) is 12.3. The highest BCUT2D eigenvalue weighted by molar-refractivity contribution is 9.10. The van der Waals surface area contributed by atoms with Gasteiger partial charge in [-0.15, -0.1) is 0 Å². The monoisotopic (exact) mass is 348 g/mol. The van der Waals surface area contributed by atoms with Crippen LogP contribution in [0.3, 0.4) is 0 Å². The summed E-state index contributed by atoms with van der Waals surface area (Å²) in [5.74, 6) is 0.720. The Kier molecular flexibility index (Phi) is 4.60. The zero-order valence-corrected chi connectivity index (χ0v) is 13.9. The van der Waals surface area contributed by atoms with Gasteiger partial charge in [-0.1, -0.05) is 22.0 Å². The molecule has 1 N–H and O–H groups in total. The number of imidazole rings is 1. The summed E-state index contributed by atoms with van der Waals surface area (Å²) in [6, 6.07) is 8.57. The molecule has 1 atom stereocenters. The predicted molar refractivity (Wildman–Crippen MR) is 89.4 cm³/mol. The van der Waals surface area contributed by atoms with Crippen LogP contribution in [0.1, 0.15) is 12.1 Å². The molecule has 2 aromatic rings. The lowest BCUT2D eigenvalue weighted by atomic mass is 10.1. The van der Waals surface area contributed by atoms with Crippen LogP contribution in [-0.4, -0.2) is 29.2 Å². The highest BCUT2D eigenvalue weighted by atomic mass is 79.9. The Bertz CT molecular complexity index is 595. The van der Waals surface area contributed by atoms with Gasteiger partial charge >= 0.3 is 0 Å². The van der Waals surface area contributed by atoms with Gasteiger partial charge in [0.1, 0.15) is 0 Å². The summed E-state index contributed by atoms with van der Waals surface area (Å²) in [4.78, 5) is 6.62. The first kappa shape index (κ1) is 14.6. The average Bonchev–Trinajstić information content (AvgIpc) is 3.09. The minimum atomic E-state index is 0.720. The molecule has 4 nitrogen and oxygen atoms in total. The highest BCUT2D eigenvalue weighted by Crippen LogP contribution is 2.25. The van der Waals surface area contributed by atoms with Crippen LogP contribution >= 0.6 is 15.9 Å². The highest BCUT2D eigenvalue weighted by Gasteiger charge is 2.22. The molecule has 1 aromatic carbocycles. The van der Waals surface area contributed by atoms with Gasteiger partial charge < -0.3 is 14.8 Å². The van der Waals surface area contributed by atoms with E-state index in [0.717, 1.165) is 36.6 Å². The lowest BCUT2D eigenvalue weighted by Crippen LogP contribution is -2.26. The number of aryl methyl sites for hydroxylation is 1. The third-order valence-electron chi connectivity index (χ3n) is 4.11. The van der Waals surface area contributed by atoms with Crippen molar-refractivity contribution in [3.8, 4) is 0 Å². The molecule has 5 heteroatoms. The molecule has 0 bridgehead atoms. The van der Waals surface area contributed by atoms with E-state index in [0.29, 0.717) is 0 Å². The molecule has 112 valence electrons. The second kappa shape index (κ2) is 6.62. The van der Waals surface area contributed by atoms with E-state index in [1.54, 1.807) is 0 Å². The quantitative estimate of drug-likeness (QED) is 0.901. The number of nitrogens with one attached hydrogen (secondary N) is 1. The van der Waals surface area contributed by atoms with Gasteiger partial charge in [-0.25, -0.2) is 4.98 Å². The van der Waals surface area contributed by atoms with Crippen molar-refractivity contribution in [1.29, 1.82) is 0 Å². The van der Waals surface area contributed by atoms with E-state index in [1.165, 1.54) is 17.8 Å². The van der Waals surface area contributed by atoms with Crippen molar-refractivity contribution in [2.45, 2.75) is 13.0 Å². The van der Waals surface area contributed by atoms with Crippen LogP contribution in [-0.2, 0) is 13.6 Å². The van der Waals surface area contributed by atoms with Crippen molar-refractivity contribution in [2.75, 3.05) is 24.5 Å². The van der Waals surface area contributed by atoms with Gasteiger partial charge in [-0.05, 0) is 30.5 Å². The first-order chi connectivity index (χ1) is 10.2. The first-order valence-electron chi connectivity index (χ1n) is 7.39. The Morgan fingerprint density at radius 3 is 3.10 bits per heavy atom. The molecule has 0 amide bonds. The van der Waals surface area contributed by atoms with E-state index in [-0.39, 0.29) is 0 Å². The summed E-state index contributed by atoms with van der Waals surface area (Å²) in [5.41, 5.74) is 2.55. The number of nitrogens with zero attached hydrogens (tertiary/aromatic N) is 3. The molecule has 0 unspecified atom stereocenters. The Morgan fingerprint density at radius 2 is 2.33 bits per heavy atom. The van der Waals surface area contributed by atoms with E-state index in [4.69, 9.17) is 0 Å². The normalized spacial score (nSPS) is 18.4. The van der Waals surface area contributed by atoms with E-state index < -0.39 is 0 Å². The molecule has 0 spiro atoms. The minimum Gasteiger partial charge on any atom is -0.371 e. The van der Waals surface area contributed by atoms with E-state index in [1.807, 2.05) is 19.6 Å². The maximum absolute atomic E-state index is 4.14. The molecule has 1 aliphatic rings. The lowest BCUT2D eigenvalue weighted by molar-refractivity contribution is 0.510. The number of hydrogen-bond donors (Lipinski definition) is 1. The van der Waals surface area contributed by atoms with Crippen LogP contribution in [0.25, 0.3) is 0 Å². The Balaban J connectivity index is 1.48. The minimum absolute atomic E-state index is 0.720. The molecule has 1 saturated heterocycles. The van der Waals surface area contributed by atoms with E-state index >= 15 is 0 Å². The van der Waals surface area contributed by atoms with Crippen LogP contribution in [0.4, 0.5) is 5.69 Å². The molecule has 2 heterocycles. The van der Waals surface area contributed by atoms with Gasteiger partial charge in [0.2, 0.25) is 0 Å². The van der Waals surface area contributed by atoms with Gasteiger partial charge in [0.25, 0.3) is 0 Å². The van der Waals surface area contributed by atoms with Crippen molar-refractivity contribution >= 4 is 21.6 Å². The fourth-order valence-corrected chi connectivity index (χ4v) is 3.25. The molecule has 0 aliphatic carbocycles. The lowest BCUT2D eigenvalue weighted by Gasteiger charge is -2.19. The molecule has 3 rings (SSSR count). The average molecular weight is 349 g/mol. The zero-order chi connectivity index (χ0) is 14.7. The maximum Gasteiger partial charge on any atom is 0.0945 e. The van der Waals surface area contributed by atoms with E-state index in [9.17, 15) is 0 Å². The van der Waals surface area contributed by atoms with Crippen LogP contribution in [0.2, 0.25) is 0 Å². The Labute approximate surface area is 134 Å². The Morgan fingerprint density at radius 1 is 1.43 bits per heavy atom. The van der Waals surface area contributed by atoms with Gasteiger partial charge in [0, 0.05) is 49.6 Å². The van der Waals surface area contributed by atoms with Crippen molar-refractivity contribution in [2.24, 2.45) is 13.0 Å². The van der Waals surface area contributed by atoms with Gasteiger partial charge in [0.15, 0.2) is 0 Å². The van der Waals surface area contributed by atoms with Crippen LogP contribution < -0.4 is 10.2 Å². The van der Waals surface area contributed by atoms with Gasteiger partial charge in [-0.2, -0.15) is 0 Å². The van der Waals surface area contributed by atoms with E-state index in [2.05, 4.69) is 60.0 Å². The number of hydrogen-bond acceptors (Lipinski definition) is 3. The molecule has 1 fully saturated rings. The van der Waals surface area contributed by atoms with Crippen molar-refractivity contribution in [1.82, 2.24) is 14.9 Å². The van der Waals surface area contributed by atoms with Gasteiger partial charge in [0.05, 0.1) is 12.0 Å². The van der Waals surface area contributed by atoms with Gasteiger partial charge in [-0.3, -0.25) is 0 Å². The molecule has 1 aromatic heterocycles. The van der Waals surface area contributed by atoms with Crippen molar-refractivity contribution < 1.29 is 0 Å². The van der Waals surface area contributed by atoms with Crippen molar-refractivity contribution in [3.63, 3.8) is 0 Å². The van der Waals surface area contributed by atoms with Crippen LogP contribution in [0.5, 0.6) is 0 Å². The summed E-state index contributed by atoms with van der Waals surface area (Å²) in [5, 5.41) is 3.56. The molecule has 0 radical (unpaired) electrons. The summed E-state index contributed by atoms with van der Waals surface area (Å²) in [7, 11) is 2.04. The molecule has 21 heavy (non-hydrogen) atoms. The van der Waals surface area contributed by atoms with Crippen molar-refractivity contribution in [3.05, 3.63) is 47.0 Å². The molecule has 1 aliphatic heterocycles. The molecule has 0 saturated carbocycles. The smallest absolute Gasteiger partial charge is 0.0945 e. The predicted octanol–water partition coefficient (Wildman–Crippen LogP) is 2.80. The number of rotatable bonds is 5. The van der Waals surface area contributed by atoms with Crippen LogP contribution in [0, 0.1) is 5.92 Å². The standard InChI is InChI=1S/C16H21BrN4/c1-20-12-19-10-16(20)9-18-8-13-5-6-21(11-13)15-4-2-3-14(17)7-15/h2-4,7,10,12-13,18H,5-6,8-9,11H2,1H3/t13-/m1/s1. The summed E-state index contributed by atoms with van der Waals surface area (Å²) in [6.07, 6.45) is 5.03. The molecular weight excluding hydrogens is 328 g/mol. The second-order valence-electron chi connectivity index (χ2n) is 5.71. The maximum atomic E-state index is 4.14. The SMILES string of the molecule is Cn1cncc1CNC[C@H]1CCN(c2cccc(Br)c2)C1. The number of anilines is 1. The second-order valence-corrected chi connectivity index (χ2v) is 6.62. The van der Waals surface area contributed by atoms with Crippen LogP contribution in [0.15, 0.2) is 41.3 Å².